The number of aryl methyl sites for hydroxylation is 1. The number of carbonyl (C=O) groups excluding carboxylic acids is 4. The molecule has 4 atom stereocenters. The van der Waals surface area contributed by atoms with Gasteiger partial charge in [0.15, 0.2) is 0 Å². The molecular weight excluding hydrogens is 634 g/mol. The van der Waals surface area contributed by atoms with E-state index in [9.17, 15) is 24.3 Å². The topological polar surface area (TPSA) is 134 Å². The van der Waals surface area contributed by atoms with E-state index in [1.807, 2.05) is 63.2 Å². The first kappa shape index (κ1) is 39.6. The fourth-order valence-electron chi connectivity index (χ4n) is 5.47. The average Bonchev–Trinajstić information content (AvgIpc) is 3.02. The fourth-order valence-corrected chi connectivity index (χ4v) is 5.47. The normalized spacial score (nSPS) is 14.0. The van der Waals surface area contributed by atoms with Gasteiger partial charge in [0.05, 0.1) is 0 Å². The Morgan fingerprint density at radius 2 is 1.28 bits per heavy atom. The van der Waals surface area contributed by atoms with E-state index in [0.29, 0.717) is 17.5 Å². The molecule has 0 heterocycles. The Morgan fingerprint density at radius 3 is 1.84 bits per heavy atom. The van der Waals surface area contributed by atoms with Crippen molar-refractivity contribution in [1.82, 2.24) is 15.5 Å². The first-order valence-corrected chi connectivity index (χ1v) is 17.1. The molecule has 270 valence electrons. The molecule has 0 bridgehead atoms. The molecule has 3 amide bonds. The summed E-state index contributed by atoms with van der Waals surface area (Å²) in [6.45, 7) is 16.1. The number of esters is 1. The third kappa shape index (κ3) is 11.9. The fraction of sp³-hybridized carbons (Fsp3) is 0.450. The number of nitrogens with zero attached hydrogens (tertiary/aromatic N) is 1. The second-order valence-corrected chi connectivity index (χ2v) is 14.6. The maximum atomic E-state index is 14.9. The summed E-state index contributed by atoms with van der Waals surface area (Å²) < 4.78 is 11.3. The van der Waals surface area contributed by atoms with Crippen molar-refractivity contribution in [3.63, 3.8) is 0 Å². The van der Waals surface area contributed by atoms with Crippen molar-refractivity contribution >= 4 is 23.9 Å². The molecule has 3 aromatic carbocycles. The van der Waals surface area contributed by atoms with Crippen molar-refractivity contribution in [3.05, 3.63) is 101 Å². The minimum Gasteiger partial charge on any atom is -0.508 e. The van der Waals surface area contributed by atoms with Crippen LogP contribution in [0.25, 0.3) is 0 Å². The predicted molar refractivity (Wildman–Crippen MR) is 193 cm³/mol. The van der Waals surface area contributed by atoms with Crippen LogP contribution in [0.4, 0.5) is 4.79 Å². The number of alkyl carbamates (subject to hydrolysis) is 1. The third-order valence-corrected chi connectivity index (χ3v) is 7.99. The second-order valence-electron chi connectivity index (χ2n) is 14.6. The summed E-state index contributed by atoms with van der Waals surface area (Å²) in [7, 11) is 0. The van der Waals surface area contributed by atoms with E-state index in [-0.39, 0.29) is 18.6 Å². The summed E-state index contributed by atoms with van der Waals surface area (Å²) in [5, 5.41) is 15.6. The number of hydrogen-bond donors (Lipinski definition) is 3. The SMILES string of the molecule is CCC(C)N(C(=O)C(Cc1ccc(O)cc1)NC(=O)OC(C)(C)C)C(C(=O)NC(Cc1ccccc1)C(=O)OC(C)(C)C)c1ccccc1C. The minimum atomic E-state index is -1.18. The van der Waals surface area contributed by atoms with Crippen molar-refractivity contribution in [1.29, 1.82) is 0 Å². The van der Waals surface area contributed by atoms with Crippen LogP contribution in [0.15, 0.2) is 78.9 Å². The number of benzene rings is 3. The van der Waals surface area contributed by atoms with Gasteiger partial charge < -0.3 is 30.1 Å². The van der Waals surface area contributed by atoms with Crippen LogP contribution in [0.1, 0.15) is 90.1 Å². The summed E-state index contributed by atoms with van der Waals surface area (Å²) in [5.41, 5.74) is 1.20. The van der Waals surface area contributed by atoms with Gasteiger partial charge in [-0.25, -0.2) is 9.59 Å². The number of carbonyl (C=O) groups is 4. The number of hydrogen-bond acceptors (Lipinski definition) is 7. The van der Waals surface area contributed by atoms with Crippen molar-refractivity contribution in [2.24, 2.45) is 0 Å². The molecule has 0 spiro atoms. The molecule has 50 heavy (non-hydrogen) atoms. The molecule has 4 unspecified atom stereocenters. The smallest absolute Gasteiger partial charge is 0.408 e. The van der Waals surface area contributed by atoms with Crippen molar-refractivity contribution < 1.29 is 33.8 Å². The number of aromatic hydroxyl groups is 1. The van der Waals surface area contributed by atoms with E-state index < -0.39 is 59.2 Å². The van der Waals surface area contributed by atoms with Gasteiger partial charge in [0.1, 0.15) is 35.1 Å². The molecule has 0 aliphatic heterocycles. The highest BCUT2D eigenvalue weighted by Crippen LogP contribution is 2.29. The van der Waals surface area contributed by atoms with Gasteiger partial charge in [-0.1, -0.05) is 73.7 Å². The molecule has 3 aromatic rings. The molecule has 3 rings (SSSR count). The van der Waals surface area contributed by atoms with Crippen molar-refractivity contribution in [2.75, 3.05) is 0 Å². The largest absolute Gasteiger partial charge is 0.508 e. The summed E-state index contributed by atoms with van der Waals surface area (Å²) in [6.07, 6.45) is -0.0760. The molecule has 0 saturated heterocycles. The number of nitrogens with one attached hydrogen (secondary N) is 2. The summed E-state index contributed by atoms with van der Waals surface area (Å²) in [6, 6.07) is 19.1. The molecule has 0 radical (unpaired) electrons. The third-order valence-electron chi connectivity index (χ3n) is 7.99. The van der Waals surface area contributed by atoms with Crippen LogP contribution in [0.3, 0.4) is 0 Å². The number of ether oxygens (including phenoxy) is 2. The maximum absolute atomic E-state index is 14.9. The molecule has 0 aliphatic rings. The summed E-state index contributed by atoms with van der Waals surface area (Å²) >= 11 is 0. The van der Waals surface area contributed by atoms with E-state index in [1.165, 1.54) is 17.0 Å². The lowest BCUT2D eigenvalue weighted by atomic mass is 9.94. The molecule has 0 aliphatic carbocycles. The van der Waals surface area contributed by atoms with Gasteiger partial charge in [0.25, 0.3) is 0 Å². The summed E-state index contributed by atoms with van der Waals surface area (Å²) in [4.78, 5) is 57.8. The van der Waals surface area contributed by atoms with Crippen molar-refractivity contribution in [2.45, 2.75) is 117 Å². The highest BCUT2D eigenvalue weighted by atomic mass is 16.6. The van der Waals surface area contributed by atoms with E-state index in [2.05, 4.69) is 10.6 Å². The van der Waals surface area contributed by atoms with Gasteiger partial charge in [0.2, 0.25) is 11.8 Å². The molecule has 0 aromatic heterocycles. The molecule has 0 fully saturated rings. The quantitative estimate of drug-likeness (QED) is 0.173. The maximum Gasteiger partial charge on any atom is 0.408 e. The molecule has 10 nitrogen and oxygen atoms in total. The van der Waals surface area contributed by atoms with Crippen LogP contribution in [-0.2, 0) is 36.7 Å². The molecule has 0 saturated carbocycles. The van der Waals surface area contributed by atoms with Crippen LogP contribution in [-0.4, -0.2) is 63.2 Å². The number of amides is 3. The first-order valence-electron chi connectivity index (χ1n) is 17.1. The van der Waals surface area contributed by atoms with Crippen LogP contribution in [0, 0.1) is 6.92 Å². The zero-order valence-electron chi connectivity index (χ0n) is 30.8. The Balaban J connectivity index is 2.13. The predicted octanol–water partition coefficient (Wildman–Crippen LogP) is 6.57. The molecular formula is C40H53N3O7. The second kappa shape index (κ2) is 17.2. The molecule has 3 N–H and O–H groups in total. The Bertz CT molecular complexity index is 1590. The Labute approximate surface area is 296 Å². The minimum absolute atomic E-state index is 0.0575. The monoisotopic (exact) mass is 687 g/mol. The number of rotatable bonds is 13. The van der Waals surface area contributed by atoms with Gasteiger partial charge in [-0.2, -0.15) is 0 Å². The van der Waals surface area contributed by atoms with Crippen LogP contribution in [0.5, 0.6) is 5.75 Å². The van der Waals surface area contributed by atoms with Gasteiger partial charge in [-0.3, -0.25) is 9.59 Å². The zero-order valence-corrected chi connectivity index (χ0v) is 30.8. The van der Waals surface area contributed by atoms with E-state index in [4.69, 9.17) is 9.47 Å². The van der Waals surface area contributed by atoms with E-state index >= 15 is 0 Å². The van der Waals surface area contributed by atoms with Crippen molar-refractivity contribution in [3.8, 4) is 5.75 Å². The Kier molecular flexibility index (Phi) is 13.6. The Hall–Kier alpha value is -4.86. The Morgan fingerprint density at radius 1 is 0.740 bits per heavy atom. The van der Waals surface area contributed by atoms with E-state index in [0.717, 1.165) is 11.1 Å². The molecule has 10 heteroatoms. The number of phenolic OH excluding ortho intramolecular Hbond substituents is 1. The van der Waals surface area contributed by atoms with Gasteiger partial charge in [-0.15, -0.1) is 0 Å². The van der Waals surface area contributed by atoms with Gasteiger partial charge >= 0.3 is 12.1 Å². The van der Waals surface area contributed by atoms with Gasteiger partial charge in [-0.05, 0) is 96.2 Å². The lowest BCUT2D eigenvalue weighted by molar-refractivity contribution is -0.159. The number of phenols is 1. The highest BCUT2D eigenvalue weighted by molar-refractivity contribution is 5.94. The zero-order chi connectivity index (χ0) is 37.2. The van der Waals surface area contributed by atoms with Crippen LogP contribution >= 0.6 is 0 Å². The average molecular weight is 688 g/mol. The van der Waals surface area contributed by atoms with Crippen LogP contribution < -0.4 is 10.6 Å². The highest BCUT2D eigenvalue weighted by Gasteiger charge is 2.40. The summed E-state index contributed by atoms with van der Waals surface area (Å²) in [5.74, 6) is -1.63. The van der Waals surface area contributed by atoms with Crippen LogP contribution in [0.2, 0.25) is 0 Å². The first-order chi connectivity index (χ1) is 23.4. The van der Waals surface area contributed by atoms with E-state index in [1.54, 1.807) is 65.8 Å². The van der Waals surface area contributed by atoms with Gasteiger partial charge in [0, 0.05) is 18.9 Å². The lowest BCUT2D eigenvalue weighted by Crippen LogP contribution is -2.57. The standard InChI is InChI=1S/C40H53N3O7/c1-10-27(3)43(36(46)32(42-38(48)50-40(7,8)9)24-29-20-22-30(44)23-21-29)34(31-19-15-14-16-26(31)2)35(45)41-33(37(47)49-39(4,5)6)25-28-17-12-11-13-18-28/h11-23,27,32-34,44H,10,24-25H2,1-9H3,(H,41,45)(H,42,48). The lowest BCUT2D eigenvalue weighted by Gasteiger charge is -2.39.